The van der Waals surface area contributed by atoms with E-state index in [1.54, 1.807) is 11.9 Å². The third kappa shape index (κ3) is 4.05. The maximum Gasteiger partial charge on any atom is 0.256 e. The predicted octanol–water partition coefficient (Wildman–Crippen LogP) is 2.43. The summed E-state index contributed by atoms with van der Waals surface area (Å²) < 4.78 is 13.9. The van der Waals surface area contributed by atoms with Gasteiger partial charge in [0.15, 0.2) is 0 Å². The quantitative estimate of drug-likeness (QED) is 0.868. The smallest absolute Gasteiger partial charge is 0.256 e. The van der Waals surface area contributed by atoms with Gasteiger partial charge in [-0.1, -0.05) is 24.7 Å². The summed E-state index contributed by atoms with van der Waals surface area (Å²) in [6, 6.07) is 4.20. The van der Waals surface area contributed by atoms with Gasteiger partial charge in [0.2, 0.25) is 0 Å². The fourth-order valence-electron chi connectivity index (χ4n) is 2.78. The van der Waals surface area contributed by atoms with Crippen LogP contribution in [0.3, 0.4) is 0 Å². The summed E-state index contributed by atoms with van der Waals surface area (Å²) in [6.07, 6.45) is 4.71. The average molecular weight is 289 g/mol. The fraction of sp³-hybridized carbons (Fsp3) is 0.471. The van der Waals surface area contributed by atoms with Crippen LogP contribution < -0.4 is 0 Å². The van der Waals surface area contributed by atoms with Gasteiger partial charge >= 0.3 is 0 Å². The van der Waals surface area contributed by atoms with Crippen molar-refractivity contribution < 1.29 is 14.3 Å². The molecule has 1 fully saturated rings. The summed E-state index contributed by atoms with van der Waals surface area (Å²) in [4.78, 5) is 14.0. The van der Waals surface area contributed by atoms with Crippen LogP contribution in [0.4, 0.5) is 4.39 Å². The van der Waals surface area contributed by atoms with Crippen LogP contribution in [-0.4, -0.2) is 36.1 Å². The van der Waals surface area contributed by atoms with E-state index in [9.17, 15) is 9.18 Å². The molecule has 2 rings (SSSR count). The summed E-state index contributed by atoms with van der Waals surface area (Å²) in [6.45, 7) is 0.410. The number of carbonyl (C=O) groups excluding carboxylic acids is 1. The number of amides is 1. The highest BCUT2D eigenvalue weighted by Gasteiger charge is 2.22. The zero-order valence-electron chi connectivity index (χ0n) is 12.2. The van der Waals surface area contributed by atoms with E-state index in [1.165, 1.54) is 31.0 Å². The van der Waals surface area contributed by atoms with Crippen molar-refractivity contribution >= 4 is 5.91 Å². The third-order valence-electron chi connectivity index (χ3n) is 3.86. The Kier molecular flexibility index (Phi) is 5.35. The van der Waals surface area contributed by atoms with Crippen molar-refractivity contribution in [3.63, 3.8) is 0 Å². The second-order valence-electron chi connectivity index (χ2n) is 5.49. The predicted molar refractivity (Wildman–Crippen MR) is 79.3 cm³/mol. The summed E-state index contributed by atoms with van der Waals surface area (Å²) >= 11 is 0. The van der Waals surface area contributed by atoms with E-state index in [4.69, 9.17) is 5.11 Å². The molecule has 1 N–H and O–H groups in total. The van der Waals surface area contributed by atoms with E-state index in [0.29, 0.717) is 18.0 Å². The highest BCUT2D eigenvalue weighted by atomic mass is 19.1. The van der Waals surface area contributed by atoms with E-state index in [2.05, 4.69) is 11.8 Å². The lowest BCUT2D eigenvalue weighted by Gasteiger charge is -2.21. The minimum Gasteiger partial charge on any atom is -0.384 e. The lowest BCUT2D eigenvalue weighted by Crippen LogP contribution is -2.31. The molecular weight excluding hydrogens is 269 g/mol. The van der Waals surface area contributed by atoms with Crippen molar-refractivity contribution in [3.05, 3.63) is 35.1 Å². The molecule has 1 aliphatic carbocycles. The molecule has 1 saturated carbocycles. The minimum absolute atomic E-state index is 0.0419. The van der Waals surface area contributed by atoms with Crippen molar-refractivity contribution in [2.45, 2.75) is 25.7 Å². The average Bonchev–Trinajstić information content (AvgIpc) is 2.98. The number of rotatable bonds is 3. The number of aliphatic hydroxyl groups excluding tert-OH is 1. The Morgan fingerprint density at radius 2 is 2.14 bits per heavy atom. The lowest BCUT2D eigenvalue weighted by molar-refractivity contribution is 0.0768. The monoisotopic (exact) mass is 289 g/mol. The van der Waals surface area contributed by atoms with Gasteiger partial charge in [-0.3, -0.25) is 4.79 Å². The highest BCUT2D eigenvalue weighted by molar-refractivity contribution is 5.94. The number of nitrogens with zero attached hydrogens (tertiary/aromatic N) is 1. The zero-order chi connectivity index (χ0) is 15.2. The largest absolute Gasteiger partial charge is 0.384 e. The zero-order valence-corrected chi connectivity index (χ0v) is 12.2. The van der Waals surface area contributed by atoms with Gasteiger partial charge in [0.05, 0.1) is 5.56 Å². The van der Waals surface area contributed by atoms with E-state index in [0.717, 1.165) is 12.8 Å². The lowest BCUT2D eigenvalue weighted by atomic mass is 10.1. The fourth-order valence-corrected chi connectivity index (χ4v) is 2.78. The summed E-state index contributed by atoms with van der Waals surface area (Å²) in [5.74, 6) is 4.87. The first-order valence-electron chi connectivity index (χ1n) is 7.26. The molecule has 0 atom stereocenters. The van der Waals surface area contributed by atoms with Gasteiger partial charge in [-0.25, -0.2) is 4.39 Å². The Morgan fingerprint density at radius 3 is 2.81 bits per heavy atom. The molecule has 1 aromatic rings. The van der Waals surface area contributed by atoms with E-state index < -0.39 is 5.82 Å². The SMILES string of the molecule is CN(CC1CCCC1)C(=O)c1cc(C#CCO)ccc1F. The van der Waals surface area contributed by atoms with Gasteiger partial charge in [0.25, 0.3) is 5.91 Å². The van der Waals surface area contributed by atoms with Crippen molar-refractivity contribution in [1.82, 2.24) is 4.90 Å². The molecule has 1 aliphatic rings. The molecule has 0 radical (unpaired) electrons. The number of hydrogen-bond acceptors (Lipinski definition) is 2. The number of aliphatic hydroxyl groups is 1. The summed E-state index contributed by atoms with van der Waals surface area (Å²) in [7, 11) is 1.71. The van der Waals surface area contributed by atoms with Crippen molar-refractivity contribution in [3.8, 4) is 11.8 Å². The standard InChI is InChI=1S/C17H20FNO2/c1-19(12-14-5-2-3-6-14)17(21)15-11-13(7-4-10-20)8-9-16(15)18/h8-9,11,14,20H,2-3,5-6,10,12H2,1H3. The molecule has 0 unspecified atom stereocenters. The number of carbonyl (C=O) groups is 1. The van der Waals surface area contributed by atoms with Crippen LogP contribution >= 0.6 is 0 Å². The number of benzene rings is 1. The Balaban J connectivity index is 2.13. The first kappa shape index (κ1) is 15.5. The van der Waals surface area contributed by atoms with Crippen LogP contribution in [0.5, 0.6) is 0 Å². The maximum atomic E-state index is 13.9. The van der Waals surface area contributed by atoms with Crippen LogP contribution in [0.2, 0.25) is 0 Å². The molecule has 1 aromatic carbocycles. The number of hydrogen-bond donors (Lipinski definition) is 1. The molecule has 0 aromatic heterocycles. The van der Waals surface area contributed by atoms with Gasteiger partial charge in [-0.2, -0.15) is 0 Å². The molecule has 112 valence electrons. The van der Waals surface area contributed by atoms with E-state index in [-0.39, 0.29) is 18.1 Å². The summed E-state index contributed by atoms with van der Waals surface area (Å²) in [5, 5.41) is 8.69. The molecule has 0 heterocycles. The third-order valence-corrected chi connectivity index (χ3v) is 3.86. The Labute approximate surface area is 124 Å². The van der Waals surface area contributed by atoms with Gasteiger partial charge < -0.3 is 10.0 Å². The second-order valence-corrected chi connectivity index (χ2v) is 5.49. The topological polar surface area (TPSA) is 40.5 Å². The van der Waals surface area contributed by atoms with Crippen LogP contribution in [0, 0.1) is 23.6 Å². The molecule has 0 saturated heterocycles. The van der Waals surface area contributed by atoms with Crippen molar-refractivity contribution in [2.75, 3.05) is 20.2 Å². The van der Waals surface area contributed by atoms with Gasteiger partial charge in [0.1, 0.15) is 12.4 Å². The van der Waals surface area contributed by atoms with Gasteiger partial charge in [0, 0.05) is 19.2 Å². The Bertz CT molecular complexity index is 568. The van der Waals surface area contributed by atoms with Gasteiger partial charge in [-0.05, 0) is 37.0 Å². The van der Waals surface area contributed by atoms with Crippen LogP contribution in [0.1, 0.15) is 41.6 Å². The van der Waals surface area contributed by atoms with Crippen LogP contribution in [-0.2, 0) is 0 Å². The van der Waals surface area contributed by atoms with E-state index >= 15 is 0 Å². The Morgan fingerprint density at radius 1 is 1.43 bits per heavy atom. The summed E-state index contributed by atoms with van der Waals surface area (Å²) in [5.41, 5.74) is 0.573. The van der Waals surface area contributed by atoms with Gasteiger partial charge in [-0.15, -0.1) is 0 Å². The van der Waals surface area contributed by atoms with Crippen LogP contribution in [0.15, 0.2) is 18.2 Å². The number of halogens is 1. The first-order valence-corrected chi connectivity index (χ1v) is 7.26. The highest BCUT2D eigenvalue weighted by Crippen LogP contribution is 2.25. The molecule has 3 nitrogen and oxygen atoms in total. The molecular formula is C17H20FNO2. The molecule has 4 heteroatoms. The van der Waals surface area contributed by atoms with Crippen molar-refractivity contribution in [2.24, 2.45) is 5.92 Å². The minimum atomic E-state index is -0.534. The first-order chi connectivity index (χ1) is 10.1. The normalized spacial score (nSPS) is 14.6. The molecule has 0 bridgehead atoms. The van der Waals surface area contributed by atoms with Crippen LogP contribution in [0.25, 0.3) is 0 Å². The molecule has 1 amide bonds. The second kappa shape index (κ2) is 7.24. The Hall–Kier alpha value is -1.86. The molecule has 0 spiro atoms. The molecule has 0 aliphatic heterocycles. The van der Waals surface area contributed by atoms with Crippen molar-refractivity contribution in [1.29, 1.82) is 0 Å². The molecule has 21 heavy (non-hydrogen) atoms. The maximum absolute atomic E-state index is 13.9. The van der Waals surface area contributed by atoms with E-state index in [1.807, 2.05) is 0 Å².